The molecule has 156 valence electrons. The summed E-state index contributed by atoms with van der Waals surface area (Å²) in [4.78, 5) is 32.3. The Morgan fingerprint density at radius 2 is 1.33 bits per heavy atom. The molecule has 0 saturated heterocycles. The molecule has 30 heavy (non-hydrogen) atoms. The van der Waals surface area contributed by atoms with Gasteiger partial charge in [0, 0.05) is 6.54 Å². The lowest BCUT2D eigenvalue weighted by Crippen LogP contribution is -2.46. The Hall–Kier alpha value is -3.38. The molecule has 0 amide bonds. The maximum atomic E-state index is 12.4. The highest BCUT2D eigenvalue weighted by Gasteiger charge is 1.99. The first-order valence-electron chi connectivity index (χ1n) is 9.91. The molecule has 0 aliphatic carbocycles. The summed E-state index contributed by atoms with van der Waals surface area (Å²) in [6.45, 7) is 3.61. The first-order chi connectivity index (χ1) is 14.4. The fourth-order valence-corrected chi connectivity index (χ4v) is 2.92. The lowest BCUT2D eigenvalue weighted by Gasteiger charge is -2.10. The van der Waals surface area contributed by atoms with Crippen molar-refractivity contribution in [3.63, 3.8) is 0 Å². The molecule has 6 nitrogen and oxygen atoms in total. The molecule has 0 spiro atoms. The van der Waals surface area contributed by atoms with Crippen molar-refractivity contribution in [2.75, 3.05) is 27.2 Å². The number of nitrogens with zero attached hydrogens (tertiary/aromatic N) is 1. The van der Waals surface area contributed by atoms with Crippen LogP contribution in [0.4, 0.5) is 0 Å². The molecule has 0 unspecified atom stereocenters. The maximum absolute atomic E-state index is 12.4. The summed E-state index contributed by atoms with van der Waals surface area (Å²) in [6.07, 6.45) is 4.25. The van der Waals surface area contributed by atoms with E-state index in [1.54, 1.807) is 12.2 Å². The number of rotatable bonds is 7. The molecule has 1 aromatic heterocycles. The van der Waals surface area contributed by atoms with Gasteiger partial charge in [-0.2, -0.15) is 0 Å². The predicted octanol–water partition coefficient (Wildman–Crippen LogP) is 1.36. The van der Waals surface area contributed by atoms with E-state index in [-0.39, 0.29) is 21.8 Å². The first kappa shape index (κ1) is 21.3. The summed E-state index contributed by atoms with van der Waals surface area (Å²) >= 11 is 0. The van der Waals surface area contributed by atoms with Crippen molar-refractivity contribution in [1.29, 1.82) is 0 Å². The Balaban J connectivity index is 1.79. The zero-order chi connectivity index (χ0) is 21.5. The zero-order valence-electron chi connectivity index (χ0n) is 17.6. The van der Waals surface area contributed by atoms with E-state index in [4.69, 9.17) is 4.74 Å². The molecule has 3 aromatic rings. The van der Waals surface area contributed by atoms with Crippen LogP contribution >= 0.6 is 0 Å². The lowest BCUT2D eigenvalue weighted by molar-refractivity contribution is 0.281. The molecule has 0 bridgehead atoms. The van der Waals surface area contributed by atoms with E-state index in [0.717, 1.165) is 35.4 Å². The van der Waals surface area contributed by atoms with Crippen LogP contribution in [-0.4, -0.2) is 42.1 Å². The van der Waals surface area contributed by atoms with Gasteiger partial charge in [-0.1, -0.05) is 42.0 Å². The molecule has 6 heteroatoms. The van der Waals surface area contributed by atoms with Gasteiger partial charge in [0.15, 0.2) is 0 Å². The molecule has 0 radical (unpaired) electrons. The first-order valence-corrected chi connectivity index (χ1v) is 9.91. The minimum atomic E-state index is -0.350. The number of aryl methyl sites for hydroxylation is 1. The number of H-pyrrole nitrogens is 2. The Labute approximate surface area is 175 Å². The third-order valence-corrected chi connectivity index (χ3v) is 4.58. The fraction of sp³-hybridized carbons (Fsp3) is 0.250. The third-order valence-electron chi connectivity index (χ3n) is 4.58. The number of ether oxygens (including phenoxy) is 1. The summed E-state index contributed by atoms with van der Waals surface area (Å²) in [5.74, 6) is 0.774. The van der Waals surface area contributed by atoms with Gasteiger partial charge >= 0.3 is 0 Å². The van der Waals surface area contributed by atoms with E-state index < -0.39 is 0 Å². The molecule has 2 N–H and O–H groups in total. The van der Waals surface area contributed by atoms with Crippen molar-refractivity contribution in [1.82, 2.24) is 14.9 Å². The monoisotopic (exact) mass is 405 g/mol. The minimum Gasteiger partial charge on any atom is -0.494 e. The fourth-order valence-electron chi connectivity index (χ4n) is 2.92. The molecule has 0 atom stereocenters. The number of aromatic amines is 2. The van der Waals surface area contributed by atoms with Crippen molar-refractivity contribution in [3.8, 4) is 5.75 Å². The standard InChI is InChI=1S/C24H27N3O3/c1-17-5-7-18(8-6-17)15-21-23(28)26-22(24(29)25-21)16-19-9-11-20(12-10-19)30-14-4-13-27(2)3/h5-12,15-16H,4,13-14H2,1-3H3,(H,25,29)(H,26,28). The second kappa shape index (κ2) is 9.89. The van der Waals surface area contributed by atoms with E-state index in [1.807, 2.05) is 69.6 Å². The quantitative estimate of drug-likeness (QED) is 0.582. The van der Waals surface area contributed by atoms with E-state index in [0.29, 0.717) is 6.61 Å². The van der Waals surface area contributed by atoms with Gasteiger partial charge in [0.05, 0.1) is 6.61 Å². The van der Waals surface area contributed by atoms with Crippen LogP contribution in [0.25, 0.3) is 12.2 Å². The highest BCUT2D eigenvalue weighted by molar-refractivity contribution is 5.50. The zero-order valence-corrected chi connectivity index (χ0v) is 17.6. The molecule has 0 aliphatic rings. The Bertz CT molecular complexity index is 1200. The second-order valence-corrected chi connectivity index (χ2v) is 7.51. The van der Waals surface area contributed by atoms with Crippen LogP contribution in [0.2, 0.25) is 0 Å². The molecule has 3 rings (SSSR count). The molecule has 2 aromatic carbocycles. The van der Waals surface area contributed by atoms with Crippen molar-refractivity contribution < 1.29 is 4.74 Å². The van der Waals surface area contributed by atoms with Crippen LogP contribution in [0, 0.1) is 6.92 Å². The molecular weight excluding hydrogens is 378 g/mol. The van der Waals surface area contributed by atoms with Crippen molar-refractivity contribution in [3.05, 3.63) is 96.6 Å². The van der Waals surface area contributed by atoms with Crippen LogP contribution < -0.4 is 26.6 Å². The van der Waals surface area contributed by atoms with Crippen molar-refractivity contribution in [2.24, 2.45) is 0 Å². The smallest absolute Gasteiger partial charge is 0.272 e. The number of hydrogen-bond donors (Lipinski definition) is 2. The van der Waals surface area contributed by atoms with Gasteiger partial charge in [0.2, 0.25) is 0 Å². The number of hydrogen-bond acceptors (Lipinski definition) is 4. The largest absolute Gasteiger partial charge is 0.494 e. The molecule has 1 heterocycles. The second-order valence-electron chi connectivity index (χ2n) is 7.51. The summed E-state index contributed by atoms with van der Waals surface area (Å²) < 4.78 is 5.71. The Kier molecular flexibility index (Phi) is 7.03. The summed E-state index contributed by atoms with van der Waals surface area (Å²) in [7, 11) is 4.06. The van der Waals surface area contributed by atoms with Gasteiger partial charge in [0.1, 0.15) is 16.4 Å². The average Bonchev–Trinajstić information content (AvgIpc) is 2.72. The van der Waals surface area contributed by atoms with Crippen molar-refractivity contribution >= 4 is 12.2 Å². The lowest BCUT2D eigenvalue weighted by atomic mass is 10.1. The van der Waals surface area contributed by atoms with Crippen LogP contribution in [0.3, 0.4) is 0 Å². The Morgan fingerprint density at radius 1 is 0.833 bits per heavy atom. The summed E-state index contributed by atoms with van der Waals surface area (Å²) in [6, 6.07) is 15.1. The molecular formula is C24H27N3O3. The van der Waals surface area contributed by atoms with E-state index in [9.17, 15) is 9.59 Å². The van der Waals surface area contributed by atoms with Gasteiger partial charge in [-0.25, -0.2) is 0 Å². The van der Waals surface area contributed by atoms with Gasteiger partial charge in [-0.3, -0.25) is 9.59 Å². The predicted molar refractivity (Wildman–Crippen MR) is 120 cm³/mol. The number of aromatic nitrogens is 2. The number of nitrogens with one attached hydrogen (secondary N) is 2. The van der Waals surface area contributed by atoms with Crippen molar-refractivity contribution in [2.45, 2.75) is 13.3 Å². The molecule has 0 aliphatic heterocycles. The van der Waals surface area contributed by atoms with Gasteiger partial charge in [0.25, 0.3) is 11.1 Å². The van der Waals surface area contributed by atoms with Crippen LogP contribution in [0.15, 0.2) is 58.1 Å². The Morgan fingerprint density at radius 3 is 1.83 bits per heavy atom. The van der Waals surface area contributed by atoms with Gasteiger partial charge < -0.3 is 19.6 Å². The topological polar surface area (TPSA) is 78.2 Å². The SMILES string of the molecule is Cc1ccc(C=c2[nH]c(=O)c(=Cc3ccc(OCCCN(C)C)cc3)[nH]c2=O)cc1. The molecule has 0 saturated carbocycles. The van der Waals surface area contributed by atoms with Gasteiger partial charge in [-0.05, 0) is 62.9 Å². The minimum absolute atomic E-state index is 0.209. The van der Waals surface area contributed by atoms with E-state index >= 15 is 0 Å². The number of benzene rings is 2. The van der Waals surface area contributed by atoms with E-state index in [1.165, 1.54) is 0 Å². The van der Waals surface area contributed by atoms with Gasteiger partial charge in [-0.15, -0.1) is 0 Å². The van der Waals surface area contributed by atoms with E-state index in [2.05, 4.69) is 14.9 Å². The van der Waals surface area contributed by atoms with Crippen LogP contribution in [0.5, 0.6) is 5.75 Å². The maximum Gasteiger partial charge on any atom is 0.272 e. The normalized spacial score (nSPS) is 12.5. The highest BCUT2D eigenvalue weighted by Crippen LogP contribution is 2.12. The van der Waals surface area contributed by atoms with Crippen LogP contribution in [-0.2, 0) is 0 Å². The molecule has 0 fully saturated rings. The summed E-state index contributed by atoms with van der Waals surface area (Å²) in [5, 5.41) is 0.434. The van der Waals surface area contributed by atoms with Crippen LogP contribution in [0.1, 0.15) is 23.1 Å². The summed E-state index contributed by atoms with van der Waals surface area (Å²) in [5.41, 5.74) is 2.08. The third kappa shape index (κ3) is 6.06. The highest BCUT2D eigenvalue weighted by atomic mass is 16.5. The average molecular weight is 405 g/mol.